The molecule has 0 aliphatic carbocycles. The highest BCUT2D eigenvalue weighted by atomic mass is 32.2. The first kappa shape index (κ1) is 10.9. The maximum atomic E-state index is 11.9. The van der Waals surface area contributed by atoms with Gasteiger partial charge < -0.3 is 10.2 Å². The van der Waals surface area contributed by atoms with Gasteiger partial charge in [0.2, 0.25) is 5.91 Å². The Hall–Kier alpha value is -0.620. The molecule has 1 atom stereocenters. The van der Waals surface area contributed by atoms with Gasteiger partial charge in [0, 0.05) is 0 Å². The zero-order valence-electron chi connectivity index (χ0n) is 8.68. The molecule has 6 heteroatoms. The van der Waals surface area contributed by atoms with Crippen LogP contribution in [-0.4, -0.2) is 56.9 Å². The molecule has 0 aromatic carbocycles. The summed E-state index contributed by atoms with van der Waals surface area (Å²) >= 11 is 0. The largest absolute Gasteiger partial charge is 0.343 e. The second-order valence-electron chi connectivity index (χ2n) is 4.29. The van der Waals surface area contributed by atoms with Crippen LogP contribution in [0.3, 0.4) is 0 Å². The first-order valence-corrected chi connectivity index (χ1v) is 7.21. The Labute approximate surface area is 89.7 Å². The van der Waals surface area contributed by atoms with Crippen molar-refractivity contribution in [2.45, 2.75) is 6.42 Å². The second-order valence-corrected chi connectivity index (χ2v) is 6.52. The summed E-state index contributed by atoms with van der Waals surface area (Å²) in [6.45, 7) is 3.39. The van der Waals surface area contributed by atoms with E-state index in [4.69, 9.17) is 0 Å². The number of carbonyl (C=O) groups is 1. The Morgan fingerprint density at radius 3 is 2.47 bits per heavy atom. The van der Waals surface area contributed by atoms with Crippen molar-refractivity contribution < 1.29 is 18.5 Å². The predicted octanol–water partition coefficient (Wildman–Crippen LogP) is -2.17. The van der Waals surface area contributed by atoms with Crippen LogP contribution in [0.15, 0.2) is 0 Å². The average Bonchev–Trinajstić information content (AvgIpc) is 2.59. The highest BCUT2D eigenvalue weighted by Gasteiger charge is 2.35. The third-order valence-corrected chi connectivity index (χ3v) is 4.87. The Morgan fingerprint density at radius 2 is 1.93 bits per heavy atom. The van der Waals surface area contributed by atoms with Gasteiger partial charge in [-0.05, 0) is 6.42 Å². The number of nitrogens with zero attached hydrogens (tertiary/aromatic N) is 1. The molecule has 15 heavy (non-hydrogen) atoms. The summed E-state index contributed by atoms with van der Waals surface area (Å²) in [5, 5.41) is 2.18. The van der Waals surface area contributed by atoms with Gasteiger partial charge in [0.15, 0.2) is 9.84 Å². The van der Waals surface area contributed by atoms with E-state index in [0.717, 1.165) is 26.2 Å². The minimum Gasteiger partial charge on any atom is -0.343 e. The molecule has 5 nitrogen and oxygen atoms in total. The lowest BCUT2D eigenvalue weighted by Crippen LogP contribution is -2.90. The summed E-state index contributed by atoms with van der Waals surface area (Å²) in [4.78, 5) is 13.7. The van der Waals surface area contributed by atoms with Crippen LogP contribution in [0.4, 0.5) is 0 Å². The molecule has 2 heterocycles. The third kappa shape index (κ3) is 2.49. The van der Waals surface area contributed by atoms with Gasteiger partial charge in [0.1, 0.15) is 0 Å². The molecule has 2 rings (SSSR count). The van der Waals surface area contributed by atoms with Crippen molar-refractivity contribution in [3.05, 3.63) is 0 Å². The van der Waals surface area contributed by atoms with E-state index in [-0.39, 0.29) is 23.3 Å². The lowest BCUT2D eigenvalue weighted by molar-refractivity contribution is -0.662. The number of hydrogen-bond donors (Lipinski definition) is 1. The minimum atomic E-state index is -2.93. The number of piperazine rings is 1. The molecule has 2 aliphatic heterocycles. The van der Waals surface area contributed by atoms with Crippen molar-refractivity contribution >= 4 is 15.7 Å². The van der Waals surface area contributed by atoms with E-state index in [1.807, 2.05) is 4.90 Å². The second kappa shape index (κ2) is 4.09. The number of quaternary nitrogens is 1. The highest BCUT2D eigenvalue weighted by Crippen LogP contribution is 2.20. The molecular formula is C9H17N2O3S+. The maximum absolute atomic E-state index is 11.9. The summed E-state index contributed by atoms with van der Waals surface area (Å²) in [5.41, 5.74) is 0. The summed E-state index contributed by atoms with van der Waals surface area (Å²) < 4.78 is 22.5. The van der Waals surface area contributed by atoms with Crippen LogP contribution in [-0.2, 0) is 14.6 Å². The van der Waals surface area contributed by atoms with Crippen LogP contribution < -0.4 is 5.32 Å². The summed E-state index contributed by atoms with van der Waals surface area (Å²) in [5.74, 6) is 0.0207. The van der Waals surface area contributed by atoms with E-state index >= 15 is 0 Å². The molecule has 2 saturated heterocycles. The normalized spacial score (nSPS) is 30.4. The van der Waals surface area contributed by atoms with Crippen molar-refractivity contribution in [1.29, 1.82) is 0 Å². The summed E-state index contributed by atoms with van der Waals surface area (Å²) in [6.07, 6.45) is 0.515. The topological polar surface area (TPSA) is 71.1 Å². The minimum absolute atomic E-state index is 0.0455. The Morgan fingerprint density at radius 1 is 1.27 bits per heavy atom. The Kier molecular flexibility index (Phi) is 2.97. The van der Waals surface area contributed by atoms with Crippen LogP contribution in [0.5, 0.6) is 0 Å². The van der Waals surface area contributed by atoms with Gasteiger partial charge in [-0.1, -0.05) is 0 Å². The van der Waals surface area contributed by atoms with Gasteiger partial charge in [0.05, 0.1) is 43.6 Å². The monoisotopic (exact) mass is 233 g/mol. The molecule has 1 amide bonds. The maximum Gasteiger partial charge on any atom is 0.227 e. The van der Waals surface area contributed by atoms with Crippen molar-refractivity contribution in [3.63, 3.8) is 0 Å². The van der Waals surface area contributed by atoms with E-state index in [9.17, 15) is 13.2 Å². The van der Waals surface area contributed by atoms with Crippen LogP contribution in [0.1, 0.15) is 6.42 Å². The van der Waals surface area contributed by atoms with Crippen LogP contribution in [0.2, 0.25) is 0 Å². The number of hydrogen-bond acceptors (Lipinski definition) is 3. The highest BCUT2D eigenvalue weighted by molar-refractivity contribution is 7.91. The molecule has 0 bridgehead atoms. The molecule has 0 saturated carbocycles. The molecule has 2 aliphatic rings. The molecule has 0 unspecified atom stereocenters. The van der Waals surface area contributed by atoms with Crippen molar-refractivity contribution in [3.8, 4) is 0 Å². The van der Waals surface area contributed by atoms with E-state index in [0.29, 0.717) is 6.42 Å². The molecule has 0 aromatic rings. The van der Waals surface area contributed by atoms with Gasteiger partial charge in [-0.2, -0.15) is 0 Å². The standard InChI is InChI=1S/C9H16N2O3S/c12-9(11-4-2-10-3-5-11)8-1-6-15(13,14)7-8/h8,10H,1-7H2/p+1/t8-/m1/s1. The zero-order valence-corrected chi connectivity index (χ0v) is 9.50. The van der Waals surface area contributed by atoms with Gasteiger partial charge in [-0.3, -0.25) is 4.79 Å². The number of amides is 1. The van der Waals surface area contributed by atoms with Gasteiger partial charge in [-0.15, -0.1) is 0 Å². The fraction of sp³-hybridized carbons (Fsp3) is 0.889. The van der Waals surface area contributed by atoms with E-state index in [1.54, 1.807) is 0 Å². The SMILES string of the molecule is O=C([C@@H]1CCS(=O)(=O)C1)N1CC[NH2+]CC1. The van der Waals surface area contributed by atoms with Crippen molar-refractivity contribution in [2.75, 3.05) is 37.7 Å². The first-order valence-electron chi connectivity index (χ1n) is 5.39. The number of nitrogens with two attached hydrogens (primary N) is 1. The third-order valence-electron chi connectivity index (χ3n) is 3.10. The van der Waals surface area contributed by atoms with Gasteiger partial charge in [0.25, 0.3) is 0 Å². The van der Waals surface area contributed by atoms with E-state index < -0.39 is 9.84 Å². The quantitative estimate of drug-likeness (QED) is 0.560. The molecular weight excluding hydrogens is 216 g/mol. The Bertz CT molecular complexity index is 346. The zero-order chi connectivity index (χ0) is 10.9. The predicted molar refractivity (Wildman–Crippen MR) is 55.0 cm³/mol. The first-order chi connectivity index (χ1) is 7.08. The molecule has 2 N–H and O–H groups in total. The lowest BCUT2D eigenvalue weighted by Gasteiger charge is -2.27. The van der Waals surface area contributed by atoms with Crippen LogP contribution in [0, 0.1) is 5.92 Å². The van der Waals surface area contributed by atoms with Crippen LogP contribution >= 0.6 is 0 Å². The summed E-state index contributed by atoms with van der Waals surface area (Å²) in [6, 6.07) is 0. The molecule has 0 aromatic heterocycles. The molecule has 0 spiro atoms. The van der Waals surface area contributed by atoms with E-state index in [1.165, 1.54) is 0 Å². The molecule has 86 valence electrons. The average molecular weight is 233 g/mol. The number of carbonyl (C=O) groups excluding carboxylic acids is 1. The van der Waals surface area contributed by atoms with E-state index in [2.05, 4.69) is 5.32 Å². The van der Waals surface area contributed by atoms with Gasteiger partial charge in [-0.25, -0.2) is 8.42 Å². The number of sulfone groups is 1. The lowest BCUT2D eigenvalue weighted by atomic mass is 10.1. The fourth-order valence-electron chi connectivity index (χ4n) is 2.22. The van der Waals surface area contributed by atoms with Gasteiger partial charge >= 0.3 is 0 Å². The van der Waals surface area contributed by atoms with Crippen molar-refractivity contribution in [2.24, 2.45) is 5.92 Å². The molecule has 0 radical (unpaired) electrons. The smallest absolute Gasteiger partial charge is 0.227 e. The van der Waals surface area contributed by atoms with Crippen molar-refractivity contribution in [1.82, 2.24) is 4.90 Å². The number of rotatable bonds is 1. The fourth-order valence-corrected chi connectivity index (χ4v) is 3.95. The van der Waals surface area contributed by atoms with Crippen LogP contribution in [0.25, 0.3) is 0 Å². The summed E-state index contributed by atoms with van der Waals surface area (Å²) in [7, 11) is -2.93. The Balaban J connectivity index is 1.96. The molecule has 2 fully saturated rings.